The number of benzene rings is 1. The molecule has 0 bridgehead atoms. The molecule has 1 nitrogen and oxygen atoms in total. The van der Waals surface area contributed by atoms with Crippen LogP contribution in [0.25, 0.3) is 5.57 Å². The van der Waals surface area contributed by atoms with Crippen LogP contribution in [0.3, 0.4) is 0 Å². The summed E-state index contributed by atoms with van der Waals surface area (Å²) in [5.41, 5.74) is 2.25. The molecule has 1 aromatic carbocycles. The second-order valence-corrected chi connectivity index (χ2v) is 3.01. The zero-order valence-corrected chi connectivity index (χ0v) is 8.83. The Morgan fingerprint density at radius 3 is 2.62 bits per heavy atom. The van der Waals surface area contributed by atoms with Gasteiger partial charge < -0.3 is 4.74 Å². The highest BCUT2D eigenvalue weighted by Crippen LogP contribution is 2.16. The Bertz CT molecular complexity index is 290. The van der Waals surface area contributed by atoms with Crippen LogP contribution in [0.2, 0.25) is 0 Å². The predicted octanol–water partition coefficient (Wildman–Crippen LogP) is 3.58. The molecule has 0 spiro atoms. The lowest BCUT2D eigenvalue weighted by molar-refractivity contribution is 0.406. The van der Waals surface area contributed by atoms with Gasteiger partial charge >= 0.3 is 0 Å². The molecule has 0 atom stereocenters. The third-order valence-corrected chi connectivity index (χ3v) is 2.20. The Morgan fingerprint density at radius 1 is 1.38 bits per heavy atom. The van der Waals surface area contributed by atoms with Crippen LogP contribution in [0.15, 0.2) is 49.4 Å². The Morgan fingerprint density at radius 2 is 2.08 bits per heavy atom. The van der Waals surface area contributed by atoms with E-state index in [9.17, 15) is 0 Å². The molecule has 0 unspecified atom stereocenters. The number of ether oxygens (including phenoxy) is 1. The van der Waals surface area contributed by atoms with Crippen molar-refractivity contribution < 1.29 is 4.74 Å². The van der Waals surface area contributed by atoms with E-state index in [4.69, 9.17) is 4.74 Å². The van der Waals surface area contributed by atoms with Gasteiger partial charge in [-0.15, -0.1) is 0 Å². The van der Waals surface area contributed by atoms with Crippen molar-refractivity contribution >= 4 is 21.5 Å². The lowest BCUT2D eigenvalue weighted by Gasteiger charge is -2.02. The van der Waals surface area contributed by atoms with Gasteiger partial charge in [0.2, 0.25) is 0 Å². The molecule has 0 N–H and O–H groups in total. The summed E-state index contributed by atoms with van der Waals surface area (Å²) < 4.78 is 5.01. The Labute approximate surface area is 86.9 Å². The maximum absolute atomic E-state index is 5.01. The van der Waals surface area contributed by atoms with Crippen molar-refractivity contribution in [3.05, 3.63) is 55.0 Å². The zero-order chi connectivity index (χ0) is 9.52. The molecular weight excluding hydrogens is 228 g/mol. The van der Waals surface area contributed by atoms with Gasteiger partial charge in [-0.1, -0.05) is 52.8 Å². The molecule has 0 aromatic heterocycles. The lowest BCUT2D eigenvalue weighted by atomic mass is 10.1. The second-order valence-electron chi connectivity index (χ2n) is 2.45. The van der Waals surface area contributed by atoms with Crippen molar-refractivity contribution in [2.45, 2.75) is 0 Å². The summed E-state index contributed by atoms with van der Waals surface area (Å²) in [7, 11) is 0. The SMILES string of the molecule is C=COC=C(CBr)c1ccccc1. The number of hydrogen-bond donors (Lipinski definition) is 0. The second kappa shape index (κ2) is 5.60. The van der Waals surface area contributed by atoms with Gasteiger partial charge in [0, 0.05) is 10.9 Å². The topological polar surface area (TPSA) is 9.23 Å². The van der Waals surface area contributed by atoms with Gasteiger partial charge in [-0.3, -0.25) is 0 Å². The van der Waals surface area contributed by atoms with E-state index >= 15 is 0 Å². The van der Waals surface area contributed by atoms with Crippen LogP contribution >= 0.6 is 15.9 Å². The van der Waals surface area contributed by atoms with E-state index < -0.39 is 0 Å². The van der Waals surface area contributed by atoms with E-state index in [0.717, 1.165) is 16.5 Å². The largest absolute Gasteiger partial charge is 0.473 e. The first kappa shape index (κ1) is 10.1. The van der Waals surface area contributed by atoms with Crippen molar-refractivity contribution in [3.8, 4) is 0 Å². The minimum atomic E-state index is 0.769. The van der Waals surface area contributed by atoms with Crippen molar-refractivity contribution in [1.29, 1.82) is 0 Å². The van der Waals surface area contributed by atoms with Crippen molar-refractivity contribution in [2.75, 3.05) is 5.33 Å². The molecule has 1 aromatic rings. The van der Waals surface area contributed by atoms with E-state index in [1.807, 2.05) is 30.3 Å². The molecular formula is C11H11BrO. The molecule has 0 amide bonds. The molecule has 0 heterocycles. The smallest absolute Gasteiger partial charge is 0.0947 e. The summed E-state index contributed by atoms with van der Waals surface area (Å²) >= 11 is 3.40. The van der Waals surface area contributed by atoms with Gasteiger partial charge in [-0.25, -0.2) is 0 Å². The molecule has 0 fully saturated rings. The van der Waals surface area contributed by atoms with Crippen LogP contribution in [-0.2, 0) is 4.74 Å². The van der Waals surface area contributed by atoms with Crippen LogP contribution in [0.1, 0.15) is 5.56 Å². The van der Waals surface area contributed by atoms with Gasteiger partial charge in [-0.05, 0) is 5.56 Å². The summed E-state index contributed by atoms with van der Waals surface area (Å²) in [5, 5.41) is 0.769. The van der Waals surface area contributed by atoms with Crippen LogP contribution in [-0.4, -0.2) is 5.33 Å². The molecule has 2 heteroatoms. The quantitative estimate of drug-likeness (QED) is 0.576. The molecule has 0 aliphatic heterocycles. The fourth-order valence-corrected chi connectivity index (χ4v) is 1.42. The highest BCUT2D eigenvalue weighted by molar-refractivity contribution is 9.09. The summed E-state index contributed by atoms with van der Waals surface area (Å²) in [6, 6.07) is 10.1. The standard InChI is InChI=1S/C11H11BrO/c1-2-13-9-11(8-12)10-6-4-3-5-7-10/h2-7,9H,1,8H2. The van der Waals surface area contributed by atoms with Gasteiger partial charge in [0.15, 0.2) is 0 Å². The van der Waals surface area contributed by atoms with Crippen molar-refractivity contribution in [3.63, 3.8) is 0 Å². The number of hydrogen-bond acceptors (Lipinski definition) is 1. The predicted molar refractivity (Wildman–Crippen MR) is 59.5 cm³/mol. The average molecular weight is 239 g/mol. The molecule has 0 aliphatic rings. The minimum absolute atomic E-state index is 0.769. The van der Waals surface area contributed by atoms with Crippen molar-refractivity contribution in [2.24, 2.45) is 0 Å². The molecule has 13 heavy (non-hydrogen) atoms. The maximum Gasteiger partial charge on any atom is 0.0947 e. The summed E-state index contributed by atoms with van der Waals surface area (Å²) in [5.74, 6) is 0. The summed E-state index contributed by atoms with van der Waals surface area (Å²) in [6.45, 7) is 3.48. The van der Waals surface area contributed by atoms with E-state index in [-0.39, 0.29) is 0 Å². The number of allylic oxidation sites excluding steroid dienone is 1. The van der Waals surface area contributed by atoms with Gasteiger partial charge in [0.05, 0.1) is 12.5 Å². The monoisotopic (exact) mass is 238 g/mol. The van der Waals surface area contributed by atoms with E-state index in [1.54, 1.807) is 6.26 Å². The van der Waals surface area contributed by atoms with Crippen LogP contribution in [0.5, 0.6) is 0 Å². The first-order valence-electron chi connectivity index (χ1n) is 3.95. The summed E-state index contributed by atoms with van der Waals surface area (Å²) in [6.07, 6.45) is 3.10. The maximum atomic E-state index is 5.01. The van der Waals surface area contributed by atoms with E-state index in [0.29, 0.717) is 0 Å². The molecule has 68 valence electrons. The van der Waals surface area contributed by atoms with Crippen LogP contribution in [0, 0.1) is 0 Å². The zero-order valence-electron chi connectivity index (χ0n) is 7.24. The normalized spacial score (nSPS) is 11.0. The fourth-order valence-electron chi connectivity index (χ4n) is 0.959. The van der Waals surface area contributed by atoms with Gasteiger partial charge in [0.25, 0.3) is 0 Å². The molecule has 0 saturated heterocycles. The Kier molecular flexibility index (Phi) is 4.33. The first-order valence-corrected chi connectivity index (χ1v) is 5.07. The highest BCUT2D eigenvalue weighted by Gasteiger charge is 1.97. The van der Waals surface area contributed by atoms with Gasteiger partial charge in [-0.2, -0.15) is 0 Å². The van der Waals surface area contributed by atoms with Crippen LogP contribution in [0.4, 0.5) is 0 Å². The Balaban J connectivity index is 2.84. The van der Waals surface area contributed by atoms with Crippen molar-refractivity contribution in [1.82, 2.24) is 0 Å². The van der Waals surface area contributed by atoms with E-state index in [2.05, 4.69) is 22.5 Å². The molecule has 1 rings (SSSR count). The lowest BCUT2D eigenvalue weighted by Crippen LogP contribution is -1.85. The number of rotatable bonds is 4. The van der Waals surface area contributed by atoms with Gasteiger partial charge in [0.1, 0.15) is 0 Å². The number of alkyl halides is 1. The molecule has 0 aliphatic carbocycles. The number of halogens is 1. The fraction of sp³-hybridized carbons (Fsp3) is 0.0909. The highest BCUT2D eigenvalue weighted by atomic mass is 79.9. The third kappa shape index (κ3) is 3.07. The minimum Gasteiger partial charge on any atom is -0.473 e. The summed E-state index contributed by atoms with van der Waals surface area (Å²) in [4.78, 5) is 0. The average Bonchev–Trinajstić information content (AvgIpc) is 2.21. The third-order valence-electron chi connectivity index (χ3n) is 1.60. The molecule has 0 saturated carbocycles. The van der Waals surface area contributed by atoms with Crippen LogP contribution < -0.4 is 0 Å². The molecule has 0 radical (unpaired) electrons. The Hall–Kier alpha value is -1.02. The van der Waals surface area contributed by atoms with E-state index in [1.165, 1.54) is 6.26 Å². The first-order chi connectivity index (χ1) is 6.38.